The number of benzene rings is 1. The molecule has 0 amide bonds. The van der Waals surface area contributed by atoms with E-state index in [1.165, 1.54) is 5.56 Å². The van der Waals surface area contributed by atoms with Crippen molar-refractivity contribution in [3.8, 4) is 5.75 Å². The molecule has 0 fully saturated rings. The van der Waals surface area contributed by atoms with E-state index < -0.39 is 0 Å². The lowest BCUT2D eigenvalue weighted by molar-refractivity contribution is 0.271. The molecule has 2 atom stereocenters. The van der Waals surface area contributed by atoms with Gasteiger partial charge in [0.1, 0.15) is 11.5 Å². The highest BCUT2D eigenvalue weighted by molar-refractivity contribution is 5.80. The Morgan fingerprint density at radius 2 is 1.83 bits per heavy atom. The van der Waals surface area contributed by atoms with Crippen LogP contribution in [-0.4, -0.2) is 30.8 Å². The summed E-state index contributed by atoms with van der Waals surface area (Å²) in [4.78, 5) is 4.78. The minimum Gasteiger partial charge on any atom is -0.493 e. The van der Waals surface area contributed by atoms with Gasteiger partial charge in [-0.1, -0.05) is 38.1 Å². The van der Waals surface area contributed by atoms with Crippen molar-refractivity contribution in [3.63, 3.8) is 0 Å². The number of aryl methyl sites for hydroxylation is 2. The van der Waals surface area contributed by atoms with Gasteiger partial charge in [-0.2, -0.15) is 0 Å². The van der Waals surface area contributed by atoms with Crippen LogP contribution in [0.3, 0.4) is 0 Å². The van der Waals surface area contributed by atoms with E-state index in [4.69, 9.17) is 14.3 Å². The summed E-state index contributed by atoms with van der Waals surface area (Å²) in [5.41, 5.74) is 3.28. The molecule has 2 unspecified atom stereocenters. The smallest absolute Gasteiger partial charge is 0.191 e. The summed E-state index contributed by atoms with van der Waals surface area (Å²) in [7, 11) is 0. The van der Waals surface area contributed by atoms with Crippen LogP contribution in [0.1, 0.15) is 69.2 Å². The molecule has 1 aromatic heterocycles. The Morgan fingerprint density at radius 3 is 2.38 bits per heavy atom. The molecule has 0 spiro atoms. The molecule has 2 aromatic rings. The quantitative estimate of drug-likeness (QED) is 0.470. The average molecular weight is 401 g/mol. The molecule has 0 bridgehead atoms. The molecule has 0 radical (unpaired) electrons. The Hall–Kier alpha value is -2.50. The third-order valence-electron chi connectivity index (χ3n) is 4.77. The molecule has 2 N–H and O–H groups in total. The van der Waals surface area contributed by atoms with Gasteiger partial charge in [-0.3, -0.25) is 4.99 Å². The maximum atomic E-state index is 5.77. The molecule has 0 aliphatic carbocycles. The lowest BCUT2D eigenvalue weighted by Crippen LogP contribution is -2.39. The average Bonchev–Trinajstić information content (AvgIpc) is 3.03. The predicted molar refractivity (Wildman–Crippen MR) is 119 cm³/mol. The maximum Gasteiger partial charge on any atom is 0.191 e. The van der Waals surface area contributed by atoms with Crippen molar-refractivity contribution in [2.24, 2.45) is 10.9 Å². The fourth-order valence-electron chi connectivity index (χ4n) is 3.24. The first-order chi connectivity index (χ1) is 13.8. The summed E-state index contributed by atoms with van der Waals surface area (Å²) < 4.78 is 11.1. The molecule has 0 aliphatic rings. The first-order valence-electron chi connectivity index (χ1n) is 10.5. The van der Waals surface area contributed by atoms with Gasteiger partial charge in [-0.05, 0) is 51.3 Å². The van der Waals surface area contributed by atoms with E-state index in [2.05, 4.69) is 62.5 Å². The van der Waals surface area contributed by atoms with E-state index in [1.54, 1.807) is 0 Å². The van der Waals surface area contributed by atoms with Crippen molar-refractivity contribution in [3.05, 3.63) is 46.8 Å². The number of rotatable bonds is 9. The van der Waals surface area contributed by atoms with E-state index >= 15 is 0 Å². The van der Waals surface area contributed by atoms with E-state index in [-0.39, 0.29) is 12.0 Å². The van der Waals surface area contributed by atoms with E-state index in [1.807, 2.05) is 26.0 Å². The van der Waals surface area contributed by atoms with Crippen LogP contribution in [0.25, 0.3) is 0 Å². The molecule has 0 saturated heterocycles. The van der Waals surface area contributed by atoms with Crippen LogP contribution in [-0.2, 0) is 0 Å². The van der Waals surface area contributed by atoms with Crippen LogP contribution in [0.15, 0.2) is 33.8 Å². The second-order valence-corrected chi connectivity index (χ2v) is 8.00. The largest absolute Gasteiger partial charge is 0.493 e. The molecule has 2 rings (SSSR count). The van der Waals surface area contributed by atoms with Gasteiger partial charge >= 0.3 is 0 Å². The summed E-state index contributed by atoms with van der Waals surface area (Å²) >= 11 is 0. The van der Waals surface area contributed by atoms with Gasteiger partial charge in [0.2, 0.25) is 0 Å². The standard InChI is InChI=1S/C23H36N4O2/c1-8-24-23(25-13-16(4)22-18(6)27-29-19(22)7)26-17(5)20-9-11-21(12-10-20)28-14-15(2)3/h9-12,15-17H,8,13-14H2,1-7H3,(H2,24,25,26). The molecular weight excluding hydrogens is 364 g/mol. The van der Waals surface area contributed by atoms with Crippen molar-refractivity contribution in [2.75, 3.05) is 19.7 Å². The third kappa shape index (κ3) is 6.80. The predicted octanol–water partition coefficient (Wildman–Crippen LogP) is 4.75. The minimum absolute atomic E-state index is 0.126. The van der Waals surface area contributed by atoms with Gasteiger partial charge in [0.25, 0.3) is 0 Å². The highest BCUT2D eigenvalue weighted by Crippen LogP contribution is 2.23. The summed E-state index contributed by atoms with van der Waals surface area (Å²) in [6, 6.07) is 8.38. The number of nitrogens with zero attached hydrogens (tertiary/aromatic N) is 2. The summed E-state index contributed by atoms with van der Waals surface area (Å²) in [6.45, 7) is 16.8. The van der Waals surface area contributed by atoms with Crippen molar-refractivity contribution >= 4 is 5.96 Å². The first-order valence-corrected chi connectivity index (χ1v) is 10.5. The lowest BCUT2D eigenvalue weighted by atomic mass is 10.00. The molecule has 0 aliphatic heterocycles. The number of guanidine groups is 1. The molecule has 6 heteroatoms. The van der Waals surface area contributed by atoms with Crippen molar-refractivity contribution < 1.29 is 9.26 Å². The Kier molecular flexibility index (Phi) is 8.55. The summed E-state index contributed by atoms with van der Waals surface area (Å²) in [6.07, 6.45) is 0. The maximum absolute atomic E-state index is 5.77. The Labute approximate surface area is 175 Å². The first kappa shape index (κ1) is 22.8. The molecule has 29 heavy (non-hydrogen) atoms. The van der Waals surface area contributed by atoms with Crippen LogP contribution in [0.2, 0.25) is 0 Å². The van der Waals surface area contributed by atoms with Gasteiger partial charge in [-0.25, -0.2) is 0 Å². The highest BCUT2D eigenvalue weighted by atomic mass is 16.5. The lowest BCUT2D eigenvalue weighted by Gasteiger charge is -2.19. The van der Waals surface area contributed by atoms with Crippen molar-refractivity contribution in [1.29, 1.82) is 0 Å². The Morgan fingerprint density at radius 1 is 1.14 bits per heavy atom. The second-order valence-electron chi connectivity index (χ2n) is 8.00. The number of aliphatic imine (C=N–C) groups is 1. The fraction of sp³-hybridized carbons (Fsp3) is 0.565. The highest BCUT2D eigenvalue weighted by Gasteiger charge is 2.16. The number of hydrogen-bond donors (Lipinski definition) is 2. The molecular formula is C23H36N4O2. The topological polar surface area (TPSA) is 71.7 Å². The van der Waals surface area contributed by atoms with Gasteiger partial charge < -0.3 is 19.9 Å². The van der Waals surface area contributed by atoms with Crippen LogP contribution in [0.5, 0.6) is 5.75 Å². The van der Waals surface area contributed by atoms with Crippen LogP contribution in [0, 0.1) is 19.8 Å². The van der Waals surface area contributed by atoms with E-state index in [0.717, 1.165) is 41.9 Å². The monoisotopic (exact) mass is 400 g/mol. The van der Waals surface area contributed by atoms with Gasteiger partial charge in [-0.15, -0.1) is 0 Å². The second kappa shape index (κ2) is 10.9. The van der Waals surface area contributed by atoms with Gasteiger partial charge in [0.05, 0.1) is 18.3 Å². The normalized spacial score (nSPS) is 14.0. The molecule has 0 saturated carbocycles. The number of nitrogens with one attached hydrogen (secondary N) is 2. The zero-order chi connectivity index (χ0) is 21.4. The van der Waals surface area contributed by atoms with Crippen LogP contribution >= 0.6 is 0 Å². The van der Waals surface area contributed by atoms with Gasteiger partial charge in [0, 0.05) is 24.6 Å². The van der Waals surface area contributed by atoms with E-state index in [9.17, 15) is 0 Å². The Balaban J connectivity index is 2.00. The summed E-state index contributed by atoms with van der Waals surface area (Å²) in [5, 5.41) is 10.9. The SMILES string of the molecule is CCNC(=NCC(C)c1c(C)noc1C)NC(C)c1ccc(OCC(C)C)cc1. The molecule has 6 nitrogen and oxygen atoms in total. The van der Waals surface area contributed by atoms with E-state index in [0.29, 0.717) is 12.5 Å². The van der Waals surface area contributed by atoms with Crippen molar-refractivity contribution in [1.82, 2.24) is 15.8 Å². The number of ether oxygens (including phenoxy) is 1. The van der Waals surface area contributed by atoms with Crippen LogP contribution < -0.4 is 15.4 Å². The fourth-order valence-corrected chi connectivity index (χ4v) is 3.24. The third-order valence-corrected chi connectivity index (χ3v) is 4.77. The summed E-state index contributed by atoms with van der Waals surface area (Å²) in [5.74, 6) is 3.34. The molecule has 160 valence electrons. The van der Waals surface area contributed by atoms with Crippen LogP contribution in [0.4, 0.5) is 0 Å². The van der Waals surface area contributed by atoms with Crippen molar-refractivity contribution in [2.45, 2.75) is 60.4 Å². The zero-order valence-corrected chi connectivity index (χ0v) is 18.9. The number of hydrogen-bond acceptors (Lipinski definition) is 4. The zero-order valence-electron chi connectivity index (χ0n) is 18.9. The molecule has 1 aromatic carbocycles. The minimum atomic E-state index is 0.126. The number of aromatic nitrogens is 1. The Bertz CT molecular complexity index is 761. The van der Waals surface area contributed by atoms with Gasteiger partial charge in [0.15, 0.2) is 5.96 Å². The molecule has 1 heterocycles.